The van der Waals surface area contributed by atoms with Gasteiger partial charge in [-0.3, -0.25) is 0 Å². The van der Waals surface area contributed by atoms with Crippen molar-refractivity contribution in [3.8, 4) is 5.75 Å². The van der Waals surface area contributed by atoms with Gasteiger partial charge in [0.15, 0.2) is 0 Å². The van der Waals surface area contributed by atoms with Gasteiger partial charge in [-0.25, -0.2) is 0 Å². The first-order chi connectivity index (χ1) is 8.74. The van der Waals surface area contributed by atoms with Gasteiger partial charge in [0.1, 0.15) is 12.4 Å². The number of hydrogen-bond donors (Lipinski definition) is 2. The van der Waals surface area contributed by atoms with Crippen LogP contribution in [-0.2, 0) is 0 Å². The third-order valence-electron chi connectivity index (χ3n) is 3.04. The van der Waals surface area contributed by atoms with E-state index in [4.69, 9.17) is 22.1 Å². The summed E-state index contributed by atoms with van der Waals surface area (Å²) >= 11 is 5.88. The zero-order valence-corrected chi connectivity index (χ0v) is 10.4. The van der Waals surface area contributed by atoms with Crippen LogP contribution in [0.5, 0.6) is 5.75 Å². The predicted octanol–water partition coefficient (Wildman–Crippen LogP) is 3.47. The van der Waals surface area contributed by atoms with E-state index in [1.54, 1.807) is 6.07 Å². The van der Waals surface area contributed by atoms with E-state index in [0.29, 0.717) is 17.3 Å². The molecule has 3 nitrogen and oxygen atoms in total. The Balaban J connectivity index is 1.86. The van der Waals surface area contributed by atoms with Gasteiger partial charge in [-0.05, 0) is 24.3 Å². The number of nitrogen functional groups attached to an aromatic ring is 1. The molecule has 0 radical (unpaired) electrons. The van der Waals surface area contributed by atoms with Crippen LogP contribution in [0.25, 0.3) is 0 Å². The normalized spacial score (nSPS) is 17.1. The lowest BCUT2D eigenvalue weighted by Crippen LogP contribution is -2.13. The smallest absolute Gasteiger partial charge is 0.124 e. The summed E-state index contributed by atoms with van der Waals surface area (Å²) in [5.41, 5.74) is 8.62. The second kappa shape index (κ2) is 4.42. The third-order valence-corrected chi connectivity index (χ3v) is 3.28. The standard InChI is InChI=1S/C14H13ClN2O/c15-9-5-6-12(11(16)7-9)17-13-8-18-14-4-2-1-3-10(13)14/h1-7,13,17H,8,16H2. The second-order valence-corrected chi connectivity index (χ2v) is 4.71. The highest BCUT2D eigenvalue weighted by Gasteiger charge is 2.23. The summed E-state index contributed by atoms with van der Waals surface area (Å²) < 4.78 is 5.62. The van der Waals surface area contributed by atoms with Crippen LogP contribution in [0.1, 0.15) is 11.6 Å². The van der Waals surface area contributed by atoms with Crippen LogP contribution < -0.4 is 15.8 Å². The van der Waals surface area contributed by atoms with Crippen molar-refractivity contribution in [3.63, 3.8) is 0 Å². The summed E-state index contributed by atoms with van der Waals surface area (Å²) in [5, 5.41) is 4.02. The summed E-state index contributed by atoms with van der Waals surface area (Å²) in [6, 6.07) is 13.6. The number of hydrogen-bond acceptors (Lipinski definition) is 3. The molecule has 18 heavy (non-hydrogen) atoms. The molecule has 1 heterocycles. The molecule has 1 unspecified atom stereocenters. The third kappa shape index (κ3) is 1.97. The molecule has 1 atom stereocenters. The summed E-state index contributed by atoms with van der Waals surface area (Å²) in [5.74, 6) is 0.933. The Labute approximate surface area is 111 Å². The van der Waals surface area contributed by atoms with Gasteiger partial charge < -0.3 is 15.8 Å². The summed E-state index contributed by atoms with van der Waals surface area (Å²) in [6.07, 6.45) is 0. The molecule has 0 saturated heterocycles. The van der Waals surface area contributed by atoms with Crippen LogP contribution in [0.2, 0.25) is 5.02 Å². The lowest BCUT2D eigenvalue weighted by molar-refractivity contribution is 0.340. The van der Waals surface area contributed by atoms with Crippen molar-refractivity contribution in [2.45, 2.75) is 6.04 Å². The number of nitrogens with one attached hydrogen (secondary N) is 1. The predicted molar refractivity (Wildman–Crippen MR) is 74.2 cm³/mol. The Bertz CT molecular complexity index is 586. The van der Waals surface area contributed by atoms with E-state index in [9.17, 15) is 0 Å². The van der Waals surface area contributed by atoms with Gasteiger partial charge in [0.25, 0.3) is 0 Å². The Morgan fingerprint density at radius 3 is 2.89 bits per heavy atom. The van der Waals surface area contributed by atoms with Crippen molar-refractivity contribution in [2.75, 3.05) is 17.7 Å². The average Bonchev–Trinajstić information content (AvgIpc) is 2.76. The lowest BCUT2D eigenvalue weighted by Gasteiger charge is -2.15. The maximum absolute atomic E-state index is 5.93. The number of fused-ring (bicyclic) bond motifs is 1. The number of halogens is 1. The van der Waals surface area contributed by atoms with Crippen LogP contribution in [0.4, 0.5) is 11.4 Å². The van der Waals surface area contributed by atoms with Gasteiger partial charge in [0.05, 0.1) is 17.4 Å². The topological polar surface area (TPSA) is 47.3 Å². The Hall–Kier alpha value is -1.87. The van der Waals surface area contributed by atoms with E-state index in [1.807, 2.05) is 30.3 Å². The van der Waals surface area contributed by atoms with Crippen molar-refractivity contribution in [3.05, 3.63) is 53.1 Å². The highest BCUT2D eigenvalue weighted by atomic mass is 35.5. The first kappa shape index (κ1) is 11.2. The number of anilines is 2. The first-order valence-electron chi connectivity index (χ1n) is 5.77. The van der Waals surface area contributed by atoms with Crippen LogP contribution >= 0.6 is 11.6 Å². The monoisotopic (exact) mass is 260 g/mol. The molecule has 92 valence electrons. The zero-order valence-electron chi connectivity index (χ0n) is 9.69. The van der Waals surface area contributed by atoms with Crippen LogP contribution in [0.3, 0.4) is 0 Å². The van der Waals surface area contributed by atoms with E-state index >= 15 is 0 Å². The molecule has 1 aliphatic rings. The molecule has 1 aliphatic heterocycles. The second-order valence-electron chi connectivity index (χ2n) is 4.28. The maximum Gasteiger partial charge on any atom is 0.124 e. The molecule has 0 amide bonds. The fourth-order valence-electron chi connectivity index (χ4n) is 2.13. The molecule has 3 rings (SSSR count). The number of rotatable bonds is 2. The van der Waals surface area contributed by atoms with E-state index in [2.05, 4.69) is 11.4 Å². The minimum absolute atomic E-state index is 0.129. The highest BCUT2D eigenvalue weighted by molar-refractivity contribution is 6.31. The van der Waals surface area contributed by atoms with Gasteiger partial charge in [0, 0.05) is 10.6 Å². The minimum atomic E-state index is 0.129. The van der Waals surface area contributed by atoms with E-state index in [-0.39, 0.29) is 6.04 Å². The molecule has 0 aromatic heterocycles. The molecule has 0 fully saturated rings. The van der Waals surface area contributed by atoms with Gasteiger partial charge in [-0.1, -0.05) is 29.8 Å². The van der Waals surface area contributed by atoms with Gasteiger partial charge in [-0.2, -0.15) is 0 Å². The summed E-state index contributed by atoms with van der Waals surface area (Å²) in [7, 11) is 0. The Morgan fingerprint density at radius 2 is 2.06 bits per heavy atom. The largest absolute Gasteiger partial charge is 0.491 e. The van der Waals surface area contributed by atoms with Crippen LogP contribution in [0, 0.1) is 0 Å². The summed E-state index contributed by atoms with van der Waals surface area (Å²) in [4.78, 5) is 0. The fourth-order valence-corrected chi connectivity index (χ4v) is 2.32. The maximum atomic E-state index is 5.93. The van der Waals surface area contributed by atoms with Crippen molar-refractivity contribution in [1.82, 2.24) is 0 Å². The molecule has 2 aromatic rings. The van der Waals surface area contributed by atoms with E-state index < -0.39 is 0 Å². The molecular formula is C14H13ClN2O. The van der Waals surface area contributed by atoms with Crippen LogP contribution in [0.15, 0.2) is 42.5 Å². The van der Waals surface area contributed by atoms with Crippen molar-refractivity contribution >= 4 is 23.0 Å². The Kier molecular flexibility index (Phi) is 2.76. The van der Waals surface area contributed by atoms with Crippen molar-refractivity contribution in [2.24, 2.45) is 0 Å². The molecule has 0 aliphatic carbocycles. The summed E-state index contributed by atoms with van der Waals surface area (Å²) in [6.45, 7) is 0.613. The van der Waals surface area contributed by atoms with Gasteiger partial charge in [0.2, 0.25) is 0 Å². The number of nitrogens with two attached hydrogens (primary N) is 1. The van der Waals surface area contributed by atoms with Gasteiger partial charge >= 0.3 is 0 Å². The number of ether oxygens (including phenoxy) is 1. The number of benzene rings is 2. The lowest BCUT2D eigenvalue weighted by atomic mass is 10.1. The van der Waals surface area contributed by atoms with Gasteiger partial charge in [-0.15, -0.1) is 0 Å². The Morgan fingerprint density at radius 1 is 1.22 bits per heavy atom. The molecule has 0 spiro atoms. The molecule has 3 N–H and O–H groups in total. The number of para-hydroxylation sites is 1. The molecular weight excluding hydrogens is 248 g/mol. The minimum Gasteiger partial charge on any atom is -0.491 e. The van der Waals surface area contributed by atoms with Crippen molar-refractivity contribution in [1.29, 1.82) is 0 Å². The molecule has 0 bridgehead atoms. The first-order valence-corrected chi connectivity index (χ1v) is 6.15. The van der Waals surface area contributed by atoms with Crippen LogP contribution in [-0.4, -0.2) is 6.61 Å². The SMILES string of the molecule is Nc1cc(Cl)ccc1NC1COc2ccccc21. The molecule has 4 heteroatoms. The molecule has 2 aromatic carbocycles. The average molecular weight is 261 g/mol. The zero-order chi connectivity index (χ0) is 12.5. The molecule has 0 saturated carbocycles. The van der Waals surface area contributed by atoms with E-state index in [1.165, 1.54) is 0 Å². The van der Waals surface area contributed by atoms with E-state index in [0.717, 1.165) is 17.0 Å². The highest BCUT2D eigenvalue weighted by Crippen LogP contribution is 2.35. The quantitative estimate of drug-likeness (QED) is 0.813. The van der Waals surface area contributed by atoms with Crippen molar-refractivity contribution < 1.29 is 4.74 Å². The fraction of sp³-hybridized carbons (Fsp3) is 0.143.